The first kappa shape index (κ1) is 19.6. The van der Waals surface area contributed by atoms with Crippen molar-refractivity contribution in [2.75, 3.05) is 0 Å². The molecule has 146 valence electrons. The maximum atomic E-state index is 13.9. The largest absolute Gasteiger partial charge is 0.385 e. The van der Waals surface area contributed by atoms with E-state index in [1.807, 2.05) is 30.8 Å². The van der Waals surface area contributed by atoms with Crippen LogP contribution >= 0.6 is 11.3 Å². The average Bonchev–Trinajstić information content (AvgIpc) is 3.30. The molecule has 0 amide bonds. The zero-order valence-corrected chi connectivity index (χ0v) is 16.6. The van der Waals surface area contributed by atoms with Gasteiger partial charge in [-0.25, -0.2) is 9.38 Å². The van der Waals surface area contributed by atoms with E-state index in [4.69, 9.17) is 5.73 Å². The number of aromatic nitrogens is 5. The Morgan fingerprint density at radius 1 is 1.39 bits per heavy atom. The highest BCUT2D eigenvalue weighted by Crippen LogP contribution is 2.26. The van der Waals surface area contributed by atoms with Crippen molar-refractivity contribution >= 4 is 22.3 Å². The van der Waals surface area contributed by atoms with E-state index >= 15 is 0 Å². The molecule has 0 fully saturated rings. The molecule has 0 spiro atoms. The fourth-order valence-corrected chi connectivity index (χ4v) is 3.15. The molecule has 0 saturated heterocycles. The molecule has 0 bridgehead atoms. The summed E-state index contributed by atoms with van der Waals surface area (Å²) in [4.78, 5) is 8.24. The molecular weight excluding hydrogens is 379 g/mol. The predicted molar refractivity (Wildman–Crippen MR) is 107 cm³/mol. The molecule has 8 nitrogen and oxygen atoms in total. The van der Waals surface area contributed by atoms with Gasteiger partial charge in [-0.15, -0.1) is 10.2 Å². The van der Waals surface area contributed by atoms with Gasteiger partial charge in [-0.3, -0.25) is 9.67 Å². The normalized spacial score (nSPS) is 13.2. The standard InChI is InChI=1S/C18H21FN8S/c1-11-4-8-22-14(16(11)19)10-21-7-5-15(20)23-18-25-24-17(28-18)13(3)27-9-6-12(2)26-27/h4-9,13,21H,10H2,1-3H3,(H2,20,23,25)/b7-5-. The van der Waals surface area contributed by atoms with E-state index in [9.17, 15) is 4.39 Å². The van der Waals surface area contributed by atoms with Crippen molar-refractivity contribution in [3.05, 3.63) is 64.6 Å². The molecule has 10 heteroatoms. The van der Waals surface area contributed by atoms with Crippen LogP contribution in [-0.2, 0) is 6.54 Å². The maximum absolute atomic E-state index is 13.9. The molecule has 3 N–H and O–H groups in total. The molecule has 3 heterocycles. The van der Waals surface area contributed by atoms with Gasteiger partial charge < -0.3 is 11.1 Å². The summed E-state index contributed by atoms with van der Waals surface area (Å²) in [6, 6.07) is 3.53. The van der Waals surface area contributed by atoms with Gasteiger partial charge in [0.05, 0.1) is 17.9 Å². The molecule has 3 aromatic rings. The lowest BCUT2D eigenvalue weighted by Crippen LogP contribution is -2.12. The smallest absolute Gasteiger partial charge is 0.233 e. The number of rotatable bonds is 7. The number of hydrogen-bond acceptors (Lipinski definition) is 7. The Hall–Kier alpha value is -3.14. The molecule has 0 radical (unpaired) electrons. The summed E-state index contributed by atoms with van der Waals surface area (Å²) in [5.74, 6) is -0.0524. The van der Waals surface area contributed by atoms with Gasteiger partial charge in [0.25, 0.3) is 0 Å². The number of hydrogen-bond donors (Lipinski definition) is 2. The van der Waals surface area contributed by atoms with Crippen LogP contribution in [0.5, 0.6) is 0 Å². The van der Waals surface area contributed by atoms with E-state index in [1.165, 1.54) is 11.3 Å². The monoisotopic (exact) mass is 400 g/mol. The lowest BCUT2D eigenvalue weighted by atomic mass is 10.2. The van der Waals surface area contributed by atoms with Gasteiger partial charge in [0, 0.05) is 18.6 Å². The molecular formula is C18H21FN8S. The number of pyridine rings is 1. The van der Waals surface area contributed by atoms with Crippen LogP contribution in [-0.4, -0.2) is 30.8 Å². The third kappa shape index (κ3) is 4.77. The maximum Gasteiger partial charge on any atom is 0.233 e. The minimum Gasteiger partial charge on any atom is -0.385 e. The van der Waals surface area contributed by atoms with E-state index in [2.05, 4.69) is 30.6 Å². The number of aliphatic imine (C=N–C) groups is 1. The third-order valence-corrected chi connectivity index (χ3v) is 4.93. The summed E-state index contributed by atoms with van der Waals surface area (Å²) in [5.41, 5.74) is 7.74. The molecule has 28 heavy (non-hydrogen) atoms. The quantitative estimate of drug-likeness (QED) is 0.466. The van der Waals surface area contributed by atoms with E-state index in [1.54, 1.807) is 31.5 Å². The Morgan fingerprint density at radius 3 is 2.96 bits per heavy atom. The first-order valence-corrected chi connectivity index (χ1v) is 9.45. The third-order valence-electron chi connectivity index (χ3n) is 3.95. The van der Waals surface area contributed by atoms with E-state index in [0.29, 0.717) is 16.4 Å². The number of nitrogens with one attached hydrogen (secondary N) is 1. The van der Waals surface area contributed by atoms with Gasteiger partial charge in [0.1, 0.15) is 22.7 Å². The minimum absolute atomic E-state index is 0.0368. The van der Waals surface area contributed by atoms with Crippen LogP contribution in [0.15, 0.2) is 41.8 Å². The predicted octanol–water partition coefficient (Wildman–Crippen LogP) is 2.79. The molecule has 3 aromatic heterocycles. The van der Waals surface area contributed by atoms with E-state index in [-0.39, 0.29) is 24.2 Å². The summed E-state index contributed by atoms with van der Waals surface area (Å²) in [6.45, 7) is 5.88. The highest BCUT2D eigenvalue weighted by atomic mass is 32.1. The van der Waals surface area contributed by atoms with Gasteiger partial charge in [-0.05, 0) is 44.5 Å². The lowest BCUT2D eigenvalue weighted by Gasteiger charge is -2.07. The highest BCUT2D eigenvalue weighted by Gasteiger charge is 2.14. The Labute approximate surface area is 166 Å². The van der Waals surface area contributed by atoms with Crippen molar-refractivity contribution in [3.63, 3.8) is 0 Å². The molecule has 3 rings (SSSR count). The summed E-state index contributed by atoms with van der Waals surface area (Å²) in [5, 5.41) is 16.8. The highest BCUT2D eigenvalue weighted by molar-refractivity contribution is 7.15. The zero-order chi connectivity index (χ0) is 20.1. The van der Waals surface area contributed by atoms with Crippen molar-refractivity contribution in [1.82, 2.24) is 30.3 Å². The van der Waals surface area contributed by atoms with Crippen molar-refractivity contribution in [2.24, 2.45) is 10.7 Å². The molecule has 0 aliphatic rings. The number of halogens is 1. The Kier molecular flexibility index (Phi) is 6.09. The summed E-state index contributed by atoms with van der Waals surface area (Å²) < 4.78 is 15.7. The summed E-state index contributed by atoms with van der Waals surface area (Å²) in [6.07, 6.45) is 6.65. The van der Waals surface area contributed by atoms with Gasteiger partial charge in [0.2, 0.25) is 5.13 Å². The fraction of sp³-hybridized carbons (Fsp3) is 0.278. The molecule has 0 saturated carbocycles. The second-order valence-electron chi connectivity index (χ2n) is 6.18. The molecule has 0 aromatic carbocycles. The summed E-state index contributed by atoms with van der Waals surface area (Å²) in [7, 11) is 0. The van der Waals surface area contributed by atoms with Gasteiger partial charge in [0.15, 0.2) is 0 Å². The van der Waals surface area contributed by atoms with Crippen molar-refractivity contribution < 1.29 is 4.39 Å². The zero-order valence-electron chi connectivity index (χ0n) is 15.8. The second-order valence-corrected chi connectivity index (χ2v) is 7.16. The number of nitrogens with two attached hydrogens (primary N) is 1. The van der Waals surface area contributed by atoms with Crippen LogP contribution < -0.4 is 11.1 Å². The van der Waals surface area contributed by atoms with Crippen molar-refractivity contribution in [2.45, 2.75) is 33.4 Å². The first-order valence-electron chi connectivity index (χ1n) is 8.63. The van der Waals surface area contributed by atoms with Gasteiger partial charge >= 0.3 is 0 Å². The summed E-state index contributed by atoms with van der Waals surface area (Å²) >= 11 is 1.35. The van der Waals surface area contributed by atoms with Crippen LogP contribution in [0.1, 0.15) is 34.9 Å². The number of nitrogens with zero attached hydrogens (tertiary/aromatic N) is 6. The molecule has 1 atom stereocenters. The number of aryl methyl sites for hydroxylation is 2. The fourth-order valence-electron chi connectivity index (χ4n) is 2.37. The minimum atomic E-state index is -0.312. The van der Waals surface area contributed by atoms with Crippen molar-refractivity contribution in [3.8, 4) is 0 Å². The van der Waals surface area contributed by atoms with Crippen LogP contribution in [0, 0.1) is 19.7 Å². The lowest BCUT2D eigenvalue weighted by molar-refractivity contribution is 0.554. The van der Waals surface area contributed by atoms with Gasteiger partial charge in [-0.2, -0.15) is 5.10 Å². The Morgan fingerprint density at radius 2 is 2.21 bits per heavy atom. The van der Waals surface area contributed by atoms with Crippen LogP contribution in [0.25, 0.3) is 0 Å². The molecule has 1 unspecified atom stereocenters. The Bertz CT molecular complexity index is 1010. The van der Waals surface area contributed by atoms with Crippen molar-refractivity contribution in [1.29, 1.82) is 0 Å². The molecule has 0 aliphatic carbocycles. The first-order chi connectivity index (χ1) is 13.4. The Balaban J connectivity index is 1.58. The van der Waals surface area contributed by atoms with Crippen LogP contribution in [0.4, 0.5) is 9.52 Å². The topological polar surface area (TPSA) is 107 Å². The molecule has 0 aliphatic heterocycles. The number of amidine groups is 1. The second kappa shape index (κ2) is 8.70. The van der Waals surface area contributed by atoms with E-state index in [0.717, 1.165) is 10.7 Å². The SMILES string of the molecule is Cc1ccn(C(C)c2nnc(/N=C(N)\C=C/NCc3nccc(C)c3F)s2)n1. The van der Waals surface area contributed by atoms with Gasteiger partial charge in [-0.1, -0.05) is 11.3 Å². The van der Waals surface area contributed by atoms with Crippen LogP contribution in [0.2, 0.25) is 0 Å². The van der Waals surface area contributed by atoms with Crippen LogP contribution in [0.3, 0.4) is 0 Å². The van der Waals surface area contributed by atoms with E-state index < -0.39 is 0 Å². The average molecular weight is 400 g/mol.